The highest BCUT2D eigenvalue weighted by atomic mass is 35.5. The molecule has 2 rings (SSSR count). The van der Waals surface area contributed by atoms with Crippen molar-refractivity contribution in [2.24, 2.45) is 0 Å². The normalized spacial score (nSPS) is 11.0. The fraction of sp³-hybridized carbons (Fsp3) is 0. The smallest absolute Gasteiger partial charge is 0.261 e. The Morgan fingerprint density at radius 2 is 1.81 bits per heavy atom. The number of nitrogens with one attached hydrogen (secondary N) is 1. The second-order valence-corrected chi connectivity index (χ2v) is 6.48. The van der Waals surface area contributed by atoms with Gasteiger partial charge in [-0.05, 0) is 36.4 Å². The predicted octanol–water partition coefficient (Wildman–Crippen LogP) is 3.80. The zero-order valence-electron chi connectivity index (χ0n) is 10.3. The van der Waals surface area contributed by atoms with Crippen LogP contribution in [0.15, 0.2) is 41.3 Å². The van der Waals surface area contributed by atoms with Gasteiger partial charge in [-0.25, -0.2) is 12.8 Å². The van der Waals surface area contributed by atoms with E-state index in [-0.39, 0.29) is 26.2 Å². The summed E-state index contributed by atoms with van der Waals surface area (Å²) in [6.45, 7) is 0. The Bertz CT molecular complexity index is 848. The minimum absolute atomic E-state index is 0.0255. The number of nitriles is 1. The van der Waals surface area contributed by atoms with E-state index in [9.17, 15) is 12.8 Å². The standard InChI is InChI=1S/C13H7Cl2FN2O2S/c14-11-6-10(3-1-8(11)7-17)21(19,20)18-9-2-4-13(16)12(15)5-9/h1-6,18H. The van der Waals surface area contributed by atoms with E-state index in [1.165, 1.54) is 18.2 Å². The SMILES string of the molecule is N#Cc1ccc(S(=O)(=O)Nc2ccc(F)c(Cl)c2)cc1Cl. The number of rotatable bonds is 3. The first-order valence-corrected chi connectivity index (χ1v) is 7.75. The van der Waals surface area contributed by atoms with Gasteiger partial charge in [0.05, 0.1) is 26.2 Å². The quantitative estimate of drug-likeness (QED) is 0.920. The fourth-order valence-corrected chi connectivity index (χ4v) is 3.07. The average Bonchev–Trinajstić information content (AvgIpc) is 2.42. The highest BCUT2D eigenvalue weighted by molar-refractivity contribution is 7.92. The Balaban J connectivity index is 2.36. The lowest BCUT2D eigenvalue weighted by atomic mass is 10.2. The molecule has 0 aliphatic carbocycles. The molecule has 8 heteroatoms. The summed E-state index contributed by atoms with van der Waals surface area (Å²) >= 11 is 11.4. The monoisotopic (exact) mass is 344 g/mol. The summed E-state index contributed by atoms with van der Waals surface area (Å²) in [5, 5.41) is 8.58. The first-order valence-electron chi connectivity index (χ1n) is 5.51. The molecule has 0 saturated heterocycles. The van der Waals surface area contributed by atoms with Crippen LogP contribution in [0.1, 0.15) is 5.56 Å². The Kier molecular flexibility index (Phi) is 4.37. The first kappa shape index (κ1) is 15.6. The Hall–Kier alpha value is -1.81. The third-order valence-electron chi connectivity index (χ3n) is 2.54. The number of hydrogen-bond acceptors (Lipinski definition) is 3. The molecule has 0 spiro atoms. The van der Waals surface area contributed by atoms with Crippen LogP contribution in [-0.2, 0) is 10.0 Å². The van der Waals surface area contributed by atoms with Crippen LogP contribution in [-0.4, -0.2) is 8.42 Å². The van der Waals surface area contributed by atoms with E-state index in [1.54, 1.807) is 0 Å². The fourth-order valence-electron chi connectivity index (χ4n) is 1.53. The number of hydrogen-bond donors (Lipinski definition) is 1. The van der Waals surface area contributed by atoms with Crippen molar-refractivity contribution in [1.29, 1.82) is 5.26 Å². The number of benzene rings is 2. The largest absolute Gasteiger partial charge is 0.280 e. The highest BCUT2D eigenvalue weighted by Crippen LogP contribution is 2.24. The van der Waals surface area contributed by atoms with E-state index in [4.69, 9.17) is 28.5 Å². The van der Waals surface area contributed by atoms with Crippen LogP contribution in [0.3, 0.4) is 0 Å². The van der Waals surface area contributed by atoms with E-state index in [1.807, 2.05) is 6.07 Å². The molecule has 0 atom stereocenters. The van der Waals surface area contributed by atoms with Crippen LogP contribution >= 0.6 is 23.2 Å². The average molecular weight is 345 g/mol. The van der Waals surface area contributed by atoms with Gasteiger partial charge in [0.1, 0.15) is 11.9 Å². The van der Waals surface area contributed by atoms with Crippen molar-refractivity contribution in [2.45, 2.75) is 4.90 Å². The molecule has 0 aliphatic heterocycles. The first-order chi connectivity index (χ1) is 9.83. The molecule has 4 nitrogen and oxygen atoms in total. The van der Waals surface area contributed by atoms with Gasteiger partial charge in [-0.15, -0.1) is 0 Å². The lowest BCUT2D eigenvalue weighted by Crippen LogP contribution is -2.13. The number of anilines is 1. The van der Waals surface area contributed by atoms with Crippen molar-refractivity contribution in [1.82, 2.24) is 0 Å². The maximum absolute atomic E-state index is 13.0. The summed E-state index contributed by atoms with van der Waals surface area (Å²) in [5.74, 6) is -0.652. The maximum atomic E-state index is 13.0. The number of sulfonamides is 1. The molecule has 0 aliphatic rings. The lowest BCUT2D eigenvalue weighted by molar-refractivity contribution is 0.601. The van der Waals surface area contributed by atoms with Gasteiger partial charge in [-0.2, -0.15) is 5.26 Å². The van der Waals surface area contributed by atoms with Gasteiger partial charge in [-0.3, -0.25) is 4.72 Å². The van der Waals surface area contributed by atoms with Crippen LogP contribution in [0.2, 0.25) is 10.0 Å². The van der Waals surface area contributed by atoms with E-state index in [2.05, 4.69) is 4.72 Å². The molecule has 0 aromatic heterocycles. The van der Waals surface area contributed by atoms with Gasteiger partial charge in [0, 0.05) is 0 Å². The number of nitrogens with zero attached hydrogens (tertiary/aromatic N) is 1. The zero-order valence-corrected chi connectivity index (χ0v) is 12.6. The maximum Gasteiger partial charge on any atom is 0.261 e. The molecule has 108 valence electrons. The molecule has 0 bridgehead atoms. The molecule has 21 heavy (non-hydrogen) atoms. The molecule has 0 heterocycles. The zero-order chi connectivity index (χ0) is 15.6. The summed E-state index contributed by atoms with van der Waals surface area (Å²) in [5.41, 5.74) is 0.280. The topological polar surface area (TPSA) is 70.0 Å². The van der Waals surface area contributed by atoms with Crippen LogP contribution in [0, 0.1) is 17.1 Å². The molecule has 2 aromatic carbocycles. The molecule has 0 unspecified atom stereocenters. The van der Waals surface area contributed by atoms with Crippen LogP contribution in [0.25, 0.3) is 0 Å². The molecule has 0 fully saturated rings. The molecule has 1 N–H and O–H groups in total. The van der Waals surface area contributed by atoms with Crippen LogP contribution in [0.4, 0.5) is 10.1 Å². The third kappa shape index (κ3) is 3.45. The van der Waals surface area contributed by atoms with Gasteiger partial charge in [0.15, 0.2) is 0 Å². The number of halogens is 3. The van der Waals surface area contributed by atoms with Crippen LogP contribution in [0.5, 0.6) is 0 Å². The summed E-state index contributed by atoms with van der Waals surface area (Å²) in [4.78, 5) is -0.119. The van der Waals surface area contributed by atoms with Gasteiger partial charge in [0.2, 0.25) is 0 Å². The van der Waals surface area contributed by atoms with Crippen molar-refractivity contribution in [2.75, 3.05) is 4.72 Å². The van der Waals surface area contributed by atoms with Crippen molar-refractivity contribution >= 4 is 38.9 Å². The summed E-state index contributed by atoms with van der Waals surface area (Å²) < 4.78 is 39.6. The van der Waals surface area contributed by atoms with E-state index in [0.29, 0.717) is 0 Å². The molecule has 2 aromatic rings. The molecule has 0 saturated carbocycles. The van der Waals surface area contributed by atoms with Crippen molar-refractivity contribution in [3.63, 3.8) is 0 Å². The Morgan fingerprint density at radius 3 is 2.38 bits per heavy atom. The molecule has 0 amide bonds. The predicted molar refractivity (Wildman–Crippen MR) is 78.4 cm³/mol. The highest BCUT2D eigenvalue weighted by Gasteiger charge is 2.16. The minimum atomic E-state index is -3.92. The van der Waals surface area contributed by atoms with Crippen LogP contribution < -0.4 is 4.72 Å². The molecular formula is C13H7Cl2FN2O2S. The van der Waals surface area contributed by atoms with Crippen molar-refractivity contribution in [3.05, 3.63) is 57.8 Å². The van der Waals surface area contributed by atoms with E-state index >= 15 is 0 Å². The molecular weight excluding hydrogens is 338 g/mol. The Labute approximate surface area is 130 Å². The summed E-state index contributed by atoms with van der Waals surface area (Å²) in [6.07, 6.45) is 0. The van der Waals surface area contributed by atoms with Crippen molar-refractivity contribution in [3.8, 4) is 6.07 Å². The summed E-state index contributed by atoms with van der Waals surface area (Å²) in [6, 6.07) is 8.98. The van der Waals surface area contributed by atoms with Gasteiger partial charge < -0.3 is 0 Å². The van der Waals surface area contributed by atoms with Gasteiger partial charge >= 0.3 is 0 Å². The minimum Gasteiger partial charge on any atom is -0.280 e. The van der Waals surface area contributed by atoms with E-state index < -0.39 is 15.8 Å². The third-order valence-corrected chi connectivity index (χ3v) is 4.52. The molecule has 0 radical (unpaired) electrons. The van der Waals surface area contributed by atoms with Crippen molar-refractivity contribution < 1.29 is 12.8 Å². The van der Waals surface area contributed by atoms with Gasteiger partial charge in [-0.1, -0.05) is 23.2 Å². The van der Waals surface area contributed by atoms with Gasteiger partial charge in [0.25, 0.3) is 10.0 Å². The lowest BCUT2D eigenvalue weighted by Gasteiger charge is -2.09. The summed E-state index contributed by atoms with van der Waals surface area (Å²) in [7, 11) is -3.92. The second-order valence-electron chi connectivity index (χ2n) is 3.99. The second kappa shape index (κ2) is 5.90. The van der Waals surface area contributed by atoms with E-state index in [0.717, 1.165) is 18.2 Å². The Morgan fingerprint density at radius 1 is 1.10 bits per heavy atom.